The molecule has 1 aromatic rings. The summed E-state index contributed by atoms with van der Waals surface area (Å²) in [6.07, 6.45) is 3.45. The second-order valence-electron chi connectivity index (χ2n) is 5.47. The molecule has 0 N–H and O–H groups in total. The van der Waals surface area contributed by atoms with E-state index in [1.807, 2.05) is 23.1 Å². The van der Waals surface area contributed by atoms with E-state index in [9.17, 15) is 4.79 Å². The van der Waals surface area contributed by atoms with Crippen LogP contribution in [-0.4, -0.2) is 31.0 Å². The Bertz CT molecular complexity index is 448. The number of ether oxygens (including phenoxy) is 1. The molecule has 0 atom stereocenters. The predicted octanol–water partition coefficient (Wildman–Crippen LogP) is 3.44. The first-order chi connectivity index (χ1) is 9.13. The average molecular weight is 261 g/mol. The van der Waals surface area contributed by atoms with Crippen molar-refractivity contribution in [3.05, 3.63) is 29.3 Å². The quantitative estimate of drug-likeness (QED) is 0.834. The molecule has 3 heteroatoms. The van der Waals surface area contributed by atoms with E-state index in [0.29, 0.717) is 17.2 Å². The van der Waals surface area contributed by atoms with E-state index in [0.717, 1.165) is 25.9 Å². The van der Waals surface area contributed by atoms with Gasteiger partial charge >= 0.3 is 0 Å². The molecule has 19 heavy (non-hydrogen) atoms. The fourth-order valence-electron chi connectivity index (χ4n) is 2.51. The topological polar surface area (TPSA) is 29.5 Å². The number of hydrogen-bond acceptors (Lipinski definition) is 2. The van der Waals surface area contributed by atoms with Gasteiger partial charge in [-0.3, -0.25) is 4.79 Å². The number of piperidine rings is 1. The van der Waals surface area contributed by atoms with E-state index in [4.69, 9.17) is 4.74 Å². The zero-order valence-corrected chi connectivity index (χ0v) is 12.1. The Hall–Kier alpha value is -1.51. The standard InChI is InChI=1S/C16H23NO2/c1-12(2)13-7-8-14(15(11-13)19-3)16(18)17-9-5-4-6-10-17/h7-8,11-12H,4-6,9-10H2,1-3H3. The lowest BCUT2D eigenvalue weighted by molar-refractivity contribution is 0.0721. The molecule has 1 aliphatic rings. The van der Waals surface area contributed by atoms with Crippen molar-refractivity contribution < 1.29 is 9.53 Å². The van der Waals surface area contributed by atoms with Crippen LogP contribution in [0.3, 0.4) is 0 Å². The summed E-state index contributed by atoms with van der Waals surface area (Å²) in [5.74, 6) is 1.24. The van der Waals surface area contributed by atoms with Crippen LogP contribution in [0.5, 0.6) is 5.75 Å². The van der Waals surface area contributed by atoms with Crippen LogP contribution in [0.25, 0.3) is 0 Å². The Morgan fingerprint density at radius 2 is 1.89 bits per heavy atom. The Morgan fingerprint density at radius 1 is 1.21 bits per heavy atom. The summed E-state index contributed by atoms with van der Waals surface area (Å²) in [7, 11) is 1.63. The van der Waals surface area contributed by atoms with Crippen molar-refractivity contribution >= 4 is 5.91 Å². The van der Waals surface area contributed by atoms with Crippen LogP contribution in [0.1, 0.15) is 54.9 Å². The monoisotopic (exact) mass is 261 g/mol. The van der Waals surface area contributed by atoms with Gasteiger partial charge in [-0.2, -0.15) is 0 Å². The zero-order chi connectivity index (χ0) is 13.8. The molecule has 0 unspecified atom stereocenters. The lowest BCUT2D eigenvalue weighted by Gasteiger charge is -2.27. The number of carbonyl (C=O) groups is 1. The zero-order valence-electron chi connectivity index (χ0n) is 12.1. The molecule has 0 radical (unpaired) electrons. The Kier molecular flexibility index (Phi) is 4.46. The highest BCUT2D eigenvalue weighted by Gasteiger charge is 2.21. The minimum absolute atomic E-state index is 0.104. The van der Waals surface area contributed by atoms with Crippen LogP contribution in [0.15, 0.2) is 18.2 Å². The molecule has 0 aromatic heterocycles. The van der Waals surface area contributed by atoms with Gasteiger partial charge in [-0.05, 0) is 42.9 Å². The van der Waals surface area contributed by atoms with E-state index >= 15 is 0 Å². The highest BCUT2D eigenvalue weighted by molar-refractivity contribution is 5.97. The van der Waals surface area contributed by atoms with Crippen LogP contribution in [-0.2, 0) is 0 Å². The maximum absolute atomic E-state index is 12.5. The minimum atomic E-state index is 0.104. The van der Waals surface area contributed by atoms with Crippen molar-refractivity contribution in [3.63, 3.8) is 0 Å². The van der Waals surface area contributed by atoms with E-state index in [-0.39, 0.29) is 5.91 Å². The first-order valence-corrected chi connectivity index (χ1v) is 7.10. The average Bonchev–Trinajstić information content (AvgIpc) is 2.46. The summed E-state index contributed by atoms with van der Waals surface area (Å²) < 4.78 is 5.40. The molecule has 3 nitrogen and oxygen atoms in total. The van der Waals surface area contributed by atoms with Crippen molar-refractivity contribution in [2.24, 2.45) is 0 Å². The lowest BCUT2D eigenvalue weighted by Crippen LogP contribution is -2.35. The van der Waals surface area contributed by atoms with Gasteiger partial charge in [0.1, 0.15) is 5.75 Å². The largest absolute Gasteiger partial charge is 0.496 e. The number of likely N-dealkylation sites (tertiary alicyclic amines) is 1. The summed E-state index contributed by atoms with van der Waals surface area (Å²) in [5.41, 5.74) is 1.89. The van der Waals surface area contributed by atoms with Crippen molar-refractivity contribution in [3.8, 4) is 5.75 Å². The number of carbonyl (C=O) groups excluding carboxylic acids is 1. The van der Waals surface area contributed by atoms with E-state index < -0.39 is 0 Å². The number of benzene rings is 1. The number of nitrogens with zero attached hydrogens (tertiary/aromatic N) is 1. The third-order valence-corrected chi connectivity index (χ3v) is 3.77. The molecule has 0 aliphatic carbocycles. The summed E-state index contributed by atoms with van der Waals surface area (Å²) in [6, 6.07) is 5.93. The van der Waals surface area contributed by atoms with Crippen molar-refractivity contribution in [2.45, 2.75) is 39.0 Å². The van der Waals surface area contributed by atoms with Gasteiger partial charge in [-0.1, -0.05) is 19.9 Å². The lowest BCUT2D eigenvalue weighted by atomic mass is 10.00. The summed E-state index contributed by atoms with van der Waals surface area (Å²) in [6.45, 7) is 6.02. The Morgan fingerprint density at radius 3 is 2.47 bits per heavy atom. The first kappa shape index (κ1) is 13.9. The second kappa shape index (κ2) is 6.09. The maximum atomic E-state index is 12.5. The van der Waals surface area contributed by atoms with Crippen LogP contribution in [0.2, 0.25) is 0 Å². The fraction of sp³-hybridized carbons (Fsp3) is 0.562. The van der Waals surface area contributed by atoms with E-state index in [1.165, 1.54) is 12.0 Å². The van der Waals surface area contributed by atoms with E-state index in [2.05, 4.69) is 13.8 Å². The van der Waals surface area contributed by atoms with Crippen molar-refractivity contribution in [1.82, 2.24) is 4.90 Å². The van der Waals surface area contributed by atoms with Crippen LogP contribution in [0, 0.1) is 0 Å². The molecule has 1 fully saturated rings. The second-order valence-corrected chi connectivity index (χ2v) is 5.47. The van der Waals surface area contributed by atoms with Gasteiger partial charge in [0.15, 0.2) is 0 Å². The van der Waals surface area contributed by atoms with Gasteiger partial charge in [0, 0.05) is 13.1 Å². The molecule has 0 saturated carbocycles. The highest BCUT2D eigenvalue weighted by Crippen LogP contribution is 2.26. The van der Waals surface area contributed by atoms with Gasteiger partial charge < -0.3 is 9.64 Å². The number of amides is 1. The third kappa shape index (κ3) is 3.09. The summed E-state index contributed by atoms with van der Waals surface area (Å²) in [5, 5.41) is 0. The number of rotatable bonds is 3. The predicted molar refractivity (Wildman–Crippen MR) is 76.8 cm³/mol. The van der Waals surface area contributed by atoms with Gasteiger partial charge in [0.2, 0.25) is 0 Å². The van der Waals surface area contributed by atoms with E-state index in [1.54, 1.807) is 7.11 Å². The number of hydrogen-bond donors (Lipinski definition) is 0. The third-order valence-electron chi connectivity index (χ3n) is 3.77. The maximum Gasteiger partial charge on any atom is 0.257 e. The van der Waals surface area contributed by atoms with Crippen LogP contribution >= 0.6 is 0 Å². The van der Waals surface area contributed by atoms with Crippen LogP contribution in [0.4, 0.5) is 0 Å². The molecule has 1 saturated heterocycles. The van der Waals surface area contributed by atoms with Gasteiger partial charge in [0.25, 0.3) is 5.91 Å². The van der Waals surface area contributed by atoms with Gasteiger partial charge in [0.05, 0.1) is 12.7 Å². The first-order valence-electron chi connectivity index (χ1n) is 7.10. The smallest absolute Gasteiger partial charge is 0.257 e. The minimum Gasteiger partial charge on any atom is -0.496 e. The molecular weight excluding hydrogens is 238 g/mol. The summed E-state index contributed by atoms with van der Waals surface area (Å²) in [4.78, 5) is 14.4. The van der Waals surface area contributed by atoms with Gasteiger partial charge in [-0.15, -0.1) is 0 Å². The molecule has 0 spiro atoms. The molecular formula is C16H23NO2. The Balaban J connectivity index is 2.25. The van der Waals surface area contributed by atoms with Crippen molar-refractivity contribution in [1.29, 1.82) is 0 Å². The summed E-state index contributed by atoms with van der Waals surface area (Å²) >= 11 is 0. The fourth-order valence-corrected chi connectivity index (χ4v) is 2.51. The molecule has 1 aromatic carbocycles. The Labute approximate surface area is 115 Å². The molecule has 2 rings (SSSR count). The van der Waals surface area contributed by atoms with Gasteiger partial charge in [-0.25, -0.2) is 0 Å². The molecule has 104 valence electrons. The molecule has 1 aliphatic heterocycles. The highest BCUT2D eigenvalue weighted by atomic mass is 16.5. The molecule has 1 amide bonds. The molecule has 1 heterocycles. The van der Waals surface area contributed by atoms with Crippen molar-refractivity contribution in [2.75, 3.05) is 20.2 Å². The SMILES string of the molecule is COc1cc(C(C)C)ccc1C(=O)N1CCCCC1. The normalized spacial score (nSPS) is 15.7. The molecule has 0 bridgehead atoms. The number of methoxy groups -OCH3 is 1. The van der Waals surface area contributed by atoms with Crippen LogP contribution < -0.4 is 4.74 Å².